The maximum absolute atomic E-state index is 14.4. The van der Waals surface area contributed by atoms with Crippen LogP contribution in [-0.4, -0.2) is 38.1 Å². The number of aryl methyl sites for hydroxylation is 1. The van der Waals surface area contributed by atoms with Crippen LogP contribution in [0.25, 0.3) is 0 Å². The summed E-state index contributed by atoms with van der Waals surface area (Å²) < 4.78 is 39.5. The minimum atomic E-state index is -2.59. The van der Waals surface area contributed by atoms with Crippen LogP contribution in [0.3, 0.4) is 0 Å². The first-order valence-electron chi connectivity index (χ1n) is 9.37. The fraction of sp³-hybridized carbons (Fsp3) is 0.455. The van der Waals surface area contributed by atoms with Gasteiger partial charge in [0.1, 0.15) is 0 Å². The maximum atomic E-state index is 14.4. The third-order valence-electron chi connectivity index (χ3n) is 5.32. The predicted octanol–water partition coefficient (Wildman–Crippen LogP) is 4.79. The van der Waals surface area contributed by atoms with Crippen LogP contribution in [0.5, 0.6) is 11.5 Å². The summed E-state index contributed by atoms with van der Waals surface area (Å²) in [4.78, 5) is 2.12. The number of methoxy groups -OCH3 is 2. The number of alkyl halides is 2. The largest absolute Gasteiger partial charge is 0.493 e. The van der Waals surface area contributed by atoms with Gasteiger partial charge in [-0.1, -0.05) is 36.4 Å². The fourth-order valence-corrected chi connectivity index (χ4v) is 3.72. The van der Waals surface area contributed by atoms with E-state index in [1.54, 1.807) is 14.2 Å². The van der Waals surface area contributed by atoms with E-state index in [2.05, 4.69) is 4.90 Å². The molecule has 0 aliphatic carbocycles. The molecule has 0 bridgehead atoms. The third-order valence-corrected chi connectivity index (χ3v) is 5.32. The lowest BCUT2D eigenvalue weighted by molar-refractivity contribution is -0.109. The Morgan fingerprint density at radius 3 is 2.44 bits per heavy atom. The number of ether oxygens (including phenoxy) is 2. The van der Waals surface area contributed by atoms with E-state index in [9.17, 15) is 8.78 Å². The molecule has 0 N–H and O–H groups in total. The molecule has 0 amide bonds. The SMILES string of the molecule is COc1ccc(CN2CCC(F)(F)C(CCc3ccccc3)C2)cc1OC. The highest BCUT2D eigenvalue weighted by Crippen LogP contribution is 2.37. The normalized spacial score (nSPS) is 19.6. The van der Waals surface area contributed by atoms with Gasteiger partial charge in [0.25, 0.3) is 5.92 Å². The number of piperidine rings is 1. The van der Waals surface area contributed by atoms with Gasteiger partial charge in [-0.3, -0.25) is 4.90 Å². The van der Waals surface area contributed by atoms with Crippen molar-refractivity contribution in [1.82, 2.24) is 4.90 Å². The number of likely N-dealkylation sites (tertiary alicyclic amines) is 1. The van der Waals surface area contributed by atoms with Crippen molar-refractivity contribution < 1.29 is 18.3 Å². The van der Waals surface area contributed by atoms with Crippen molar-refractivity contribution in [2.75, 3.05) is 27.3 Å². The molecule has 27 heavy (non-hydrogen) atoms. The van der Waals surface area contributed by atoms with E-state index in [-0.39, 0.29) is 6.42 Å². The molecule has 1 atom stereocenters. The van der Waals surface area contributed by atoms with E-state index >= 15 is 0 Å². The number of hydrogen-bond donors (Lipinski definition) is 0. The maximum Gasteiger partial charge on any atom is 0.253 e. The van der Waals surface area contributed by atoms with E-state index < -0.39 is 11.8 Å². The van der Waals surface area contributed by atoms with E-state index in [1.807, 2.05) is 48.5 Å². The molecule has 3 rings (SSSR count). The van der Waals surface area contributed by atoms with Crippen molar-refractivity contribution in [3.63, 3.8) is 0 Å². The van der Waals surface area contributed by atoms with Gasteiger partial charge in [-0.2, -0.15) is 0 Å². The lowest BCUT2D eigenvalue weighted by Crippen LogP contribution is -2.46. The topological polar surface area (TPSA) is 21.7 Å². The first-order valence-corrected chi connectivity index (χ1v) is 9.37. The summed E-state index contributed by atoms with van der Waals surface area (Å²) in [5.41, 5.74) is 2.16. The van der Waals surface area contributed by atoms with Crippen LogP contribution in [0.1, 0.15) is 24.0 Å². The number of halogens is 2. The average molecular weight is 375 g/mol. The molecule has 1 aliphatic heterocycles. The molecule has 0 aromatic heterocycles. The van der Waals surface area contributed by atoms with Gasteiger partial charge in [0.15, 0.2) is 11.5 Å². The molecule has 0 radical (unpaired) electrons. The Bertz CT molecular complexity index is 736. The molecule has 1 heterocycles. The molecule has 0 spiro atoms. The summed E-state index contributed by atoms with van der Waals surface area (Å²) in [6.45, 7) is 1.45. The molecular weight excluding hydrogens is 348 g/mol. The molecule has 5 heteroatoms. The van der Waals surface area contributed by atoms with E-state index in [0.29, 0.717) is 44.0 Å². The van der Waals surface area contributed by atoms with Crippen molar-refractivity contribution in [2.45, 2.75) is 31.7 Å². The average Bonchev–Trinajstić information content (AvgIpc) is 2.69. The molecule has 3 nitrogen and oxygen atoms in total. The Hall–Kier alpha value is -2.14. The zero-order valence-corrected chi connectivity index (χ0v) is 16.0. The van der Waals surface area contributed by atoms with Crippen LogP contribution >= 0.6 is 0 Å². The molecular formula is C22H27F2NO2. The van der Waals surface area contributed by atoms with Crippen LogP contribution in [0.15, 0.2) is 48.5 Å². The molecule has 1 saturated heterocycles. The van der Waals surface area contributed by atoms with E-state index in [1.165, 1.54) is 0 Å². The number of benzene rings is 2. The van der Waals surface area contributed by atoms with Gasteiger partial charge in [-0.15, -0.1) is 0 Å². The smallest absolute Gasteiger partial charge is 0.253 e. The standard InChI is InChI=1S/C22H27F2NO2/c1-26-20-11-9-18(14-21(20)27-2)15-25-13-12-22(23,24)19(16-25)10-8-17-6-4-3-5-7-17/h3-7,9,11,14,19H,8,10,12-13,15-16H2,1-2H3. The summed E-state index contributed by atoms with van der Waals surface area (Å²) in [5, 5.41) is 0. The summed E-state index contributed by atoms with van der Waals surface area (Å²) in [5.74, 6) is -1.88. The quantitative estimate of drug-likeness (QED) is 0.694. The Labute approximate surface area is 159 Å². The van der Waals surface area contributed by atoms with Crippen LogP contribution in [-0.2, 0) is 13.0 Å². The highest BCUT2D eigenvalue weighted by molar-refractivity contribution is 5.42. The number of nitrogens with zero attached hydrogens (tertiary/aromatic N) is 1. The highest BCUT2D eigenvalue weighted by atomic mass is 19.3. The van der Waals surface area contributed by atoms with Crippen molar-refractivity contribution in [1.29, 1.82) is 0 Å². The fourth-order valence-electron chi connectivity index (χ4n) is 3.72. The van der Waals surface area contributed by atoms with Crippen LogP contribution in [0.2, 0.25) is 0 Å². The van der Waals surface area contributed by atoms with Crippen LogP contribution in [0.4, 0.5) is 8.78 Å². The molecule has 1 fully saturated rings. The van der Waals surface area contributed by atoms with Gasteiger partial charge in [-0.05, 0) is 36.1 Å². The summed E-state index contributed by atoms with van der Waals surface area (Å²) in [6.07, 6.45) is 1.10. The van der Waals surface area contributed by atoms with Gasteiger partial charge in [-0.25, -0.2) is 8.78 Å². The van der Waals surface area contributed by atoms with Crippen LogP contribution in [0, 0.1) is 5.92 Å². The lowest BCUT2D eigenvalue weighted by Gasteiger charge is -2.38. The first-order chi connectivity index (χ1) is 13.0. The van der Waals surface area contributed by atoms with Gasteiger partial charge in [0, 0.05) is 32.0 Å². The second kappa shape index (κ2) is 8.70. The molecule has 1 aliphatic rings. The van der Waals surface area contributed by atoms with E-state index in [4.69, 9.17) is 9.47 Å². The third kappa shape index (κ3) is 4.98. The van der Waals surface area contributed by atoms with E-state index in [0.717, 1.165) is 11.1 Å². The molecule has 0 saturated carbocycles. The van der Waals surface area contributed by atoms with Crippen molar-refractivity contribution >= 4 is 0 Å². The molecule has 146 valence electrons. The monoisotopic (exact) mass is 375 g/mol. The Morgan fingerprint density at radius 2 is 1.74 bits per heavy atom. The summed E-state index contributed by atoms with van der Waals surface area (Å²) in [7, 11) is 3.20. The van der Waals surface area contributed by atoms with Gasteiger partial charge in [0.2, 0.25) is 0 Å². The molecule has 2 aromatic rings. The lowest BCUT2D eigenvalue weighted by atomic mass is 9.88. The van der Waals surface area contributed by atoms with Crippen molar-refractivity contribution in [3.05, 3.63) is 59.7 Å². The summed E-state index contributed by atoms with van der Waals surface area (Å²) in [6, 6.07) is 15.6. The van der Waals surface area contributed by atoms with Crippen molar-refractivity contribution in [2.24, 2.45) is 5.92 Å². The molecule has 2 aromatic carbocycles. The second-order valence-corrected chi connectivity index (χ2v) is 7.16. The first kappa shape index (κ1) is 19.6. The Kier molecular flexibility index (Phi) is 6.32. The minimum absolute atomic E-state index is 0.0836. The predicted molar refractivity (Wildman–Crippen MR) is 103 cm³/mol. The Balaban J connectivity index is 1.64. The number of hydrogen-bond acceptors (Lipinski definition) is 3. The highest BCUT2D eigenvalue weighted by Gasteiger charge is 2.43. The molecule has 1 unspecified atom stereocenters. The van der Waals surface area contributed by atoms with Crippen LogP contribution < -0.4 is 9.47 Å². The van der Waals surface area contributed by atoms with Gasteiger partial charge < -0.3 is 9.47 Å². The van der Waals surface area contributed by atoms with Gasteiger partial charge >= 0.3 is 0 Å². The zero-order chi connectivity index (χ0) is 19.3. The number of rotatable bonds is 7. The van der Waals surface area contributed by atoms with Crippen molar-refractivity contribution in [3.8, 4) is 11.5 Å². The summed E-state index contributed by atoms with van der Waals surface area (Å²) >= 11 is 0. The minimum Gasteiger partial charge on any atom is -0.493 e. The Morgan fingerprint density at radius 1 is 1.00 bits per heavy atom. The second-order valence-electron chi connectivity index (χ2n) is 7.16. The zero-order valence-electron chi connectivity index (χ0n) is 16.0. The van der Waals surface area contributed by atoms with Gasteiger partial charge in [0.05, 0.1) is 14.2 Å².